The number of aryl methyl sites for hydroxylation is 2. The van der Waals surface area contributed by atoms with Crippen molar-refractivity contribution in [2.45, 2.75) is 20.3 Å². The van der Waals surface area contributed by atoms with Gasteiger partial charge in [-0.2, -0.15) is 5.10 Å². The minimum atomic E-state index is 0.0115. The van der Waals surface area contributed by atoms with Gasteiger partial charge in [0.05, 0.1) is 11.3 Å². The van der Waals surface area contributed by atoms with Gasteiger partial charge < -0.3 is 10.6 Å². The van der Waals surface area contributed by atoms with Crippen molar-refractivity contribution in [1.29, 1.82) is 0 Å². The molecule has 5 nitrogen and oxygen atoms in total. The van der Waals surface area contributed by atoms with Crippen molar-refractivity contribution in [2.75, 3.05) is 17.2 Å². The van der Waals surface area contributed by atoms with E-state index < -0.39 is 0 Å². The van der Waals surface area contributed by atoms with E-state index in [0.717, 1.165) is 23.5 Å². The summed E-state index contributed by atoms with van der Waals surface area (Å²) in [4.78, 5) is 14.6. The first-order chi connectivity index (χ1) is 9.49. The van der Waals surface area contributed by atoms with Crippen molar-refractivity contribution in [3.63, 3.8) is 0 Å². The molecule has 0 saturated carbocycles. The molecule has 0 bridgehead atoms. The molecule has 1 aliphatic rings. The van der Waals surface area contributed by atoms with Gasteiger partial charge >= 0.3 is 0 Å². The summed E-state index contributed by atoms with van der Waals surface area (Å²) < 4.78 is 1.75. The molecule has 20 heavy (non-hydrogen) atoms. The third kappa shape index (κ3) is 1.78. The van der Waals surface area contributed by atoms with Crippen LogP contribution < -0.4 is 10.6 Å². The minimum absolute atomic E-state index is 0.0115. The van der Waals surface area contributed by atoms with Gasteiger partial charge in [0.2, 0.25) is 0 Å². The number of rotatable bonds is 1. The fourth-order valence-corrected chi connectivity index (χ4v) is 2.83. The van der Waals surface area contributed by atoms with Crippen molar-refractivity contribution in [3.05, 3.63) is 40.7 Å². The second-order valence-electron chi connectivity index (χ2n) is 5.26. The molecule has 5 heteroatoms. The number of fused-ring (bicyclic) bond motifs is 1. The lowest BCUT2D eigenvalue weighted by molar-refractivity contribution is 0.0988. The molecule has 0 unspecified atom stereocenters. The van der Waals surface area contributed by atoms with Crippen molar-refractivity contribution >= 4 is 17.3 Å². The van der Waals surface area contributed by atoms with E-state index in [1.54, 1.807) is 4.68 Å². The maximum absolute atomic E-state index is 12.8. The molecule has 0 atom stereocenters. The second-order valence-corrected chi connectivity index (χ2v) is 5.26. The Morgan fingerprint density at radius 1 is 1.35 bits per heavy atom. The number of hydrogen-bond acceptors (Lipinski definition) is 3. The highest BCUT2D eigenvalue weighted by molar-refractivity contribution is 6.08. The fraction of sp³-hybridized carbons (Fsp3) is 0.333. The van der Waals surface area contributed by atoms with Gasteiger partial charge in [-0.3, -0.25) is 9.48 Å². The topological polar surface area (TPSA) is 64.2 Å². The van der Waals surface area contributed by atoms with Crippen molar-refractivity contribution in [2.24, 2.45) is 7.05 Å². The lowest BCUT2D eigenvalue weighted by Crippen LogP contribution is -2.29. The molecule has 3 rings (SSSR count). The zero-order valence-electron chi connectivity index (χ0n) is 12.0. The van der Waals surface area contributed by atoms with Crippen LogP contribution in [0, 0.1) is 13.8 Å². The number of nitrogens with two attached hydrogens (primary N) is 1. The van der Waals surface area contributed by atoms with Gasteiger partial charge in [0, 0.05) is 30.7 Å². The van der Waals surface area contributed by atoms with Crippen LogP contribution in [0.1, 0.15) is 27.3 Å². The van der Waals surface area contributed by atoms with E-state index in [9.17, 15) is 4.79 Å². The summed E-state index contributed by atoms with van der Waals surface area (Å²) in [5, 5.41) is 4.32. The predicted octanol–water partition coefficient (Wildman–Crippen LogP) is 1.82. The van der Waals surface area contributed by atoms with Gasteiger partial charge in [-0.05, 0) is 38.0 Å². The monoisotopic (exact) mass is 270 g/mol. The Hall–Kier alpha value is -2.30. The van der Waals surface area contributed by atoms with Crippen LogP contribution in [0.15, 0.2) is 18.2 Å². The number of nitrogen functional groups attached to an aromatic ring is 1. The van der Waals surface area contributed by atoms with Gasteiger partial charge in [-0.1, -0.05) is 6.07 Å². The summed E-state index contributed by atoms with van der Waals surface area (Å²) in [5.74, 6) is 0.0115. The molecule has 0 radical (unpaired) electrons. The van der Waals surface area contributed by atoms with Crippen LogP contribution >= 0.6 is 0 Å². The van der Waals surface area contributed by atoms with Gasteiger partial charge in [-0.25, -0.2) is 0 Å². The average molecular weight is 270 g/mol. The highest BCUT2D eigenvalue weighted by Crippen LogP contribution is 2.31. The van der Waals surface area contributed by atoms with Crippen LogP contribution in [0.3, 0.4) is 0 Å². The van der Waals surface area contributed by atoms with Crippen molar-refractivity contribution in [1.82, 2.24) is 9.78 Å². The van der Waals surface area contributed by atoms with Crippen LogP contribution in [0.4, 0.5) is 11.4 Å². The summed E-state index contributed by atoms with van der Waals surface area (Å²) in [6.07, 6.45) is 0.875. The van der Waals surface area contributed by atoms with E-state index in [-0.39, 0.29) is 5.91 Å². The molecular formula is C15H18N4O. The number of aromatic nitrogens is 2. The zero-order valence-corrected chi connectivity index (χ0v) is 12.0. The van der Waals surface area contributed by atoms with E-state index in [0.29, 0.717) is 17.8 Å². The van der Waals surface area contributed by atoms with Crippen molar-refractivity contribution in [3.8, 4) is 0 Å². The van der Waals surface area contributed by atoms with Gasteiger partial charge in [0.25, 0.3) is 5.91 Å². The van der Waals surface area contributed by atoms with E-state index in [1.807, 2.05) is 44.0 Å². The Labute approximate surface area is 118 Å². The molecule has 0 aliphatic carbocycles. The lowest BCUT2D eigenvalue weighted by atomic mass is 10.1. The summed E-state index contributed by atoms with van der Waals surface area (Å²) in [6, 6.07) is 5.76. The highest BCUT2D eigenvalue weighted by Gasteiger charge is 2.29. The highest BCUT2D eigenvalue weighted by atomic mass is 16.2. The molecule has 1 amide bonds. The molecule has 2 aromatic rings. The van der Waals surface area contributed by atoms with Crippen LogP contribution in [-0.4, -0.2) is 22.2 Å². The number of amides is 1. The Kier molecular flexibility index (Phi) is 2.78. The first kappa shape index (κ1) is 12.7. The lowest BCUT2D eigenvalue weighted by Gasteiger charge is -2.18. The predicted molar refractivity (Wildman–Crippen MR) is 78.9 cm³/mol. The first-order valence-electron chi connectivity index (χ1n) is 6.69. The van der Waals surface area contributed by atoms with Gasteiger partial charge in [-0.15, -0.1) is 0 Å². The number of benzene rings is 1. The Bertz CT molecular complexity index is 702. The Morgan fingerprint density at radius 3 is 2.75 bits per heavy atom. The van der Waals surface area contributed by atoms with E-state index in [2.05, 4.69) is 5.10 Å². The van der Waals surface area contributed by atoms with Crippen LogP contribution in [-0.2, 0) is 13.5 Å². The summed E-state index contributed by atoms with van der Waals surface area (Å²) in [6.45, 7) is 4.49. The van der Waals surface area contributed by atoms with Gasteiger partial charge in [0.1, 0.15) is 0 Å². The van der Waals surface area contributed by atoms with Gasteiger partial charge in [0.15, 0.2) is 0 Å². The molecule has 1 aromatic heterocycles. The minimum Gasteiger partial charge on any atom is -0.399 e. The number of carbonyl (C=O) groups excluding carboxylic acids is 1. The number of nitrogens with zero attached hydrogens (tertiary/aromatic N) is 3. The first-order valence-corrected chi connectivity index (χ1v) is 6.69. The molecule has 1 aliphatic heterocycles. The largest absolute Gasteiger partial charge is 0.399 e. The zero-order chi connectivity index (χ0) is 14.4. The number of hydrogen-bond donors (Lipinski definition) is 1. The molecule has 0 spiro atoms. The maximum atomic E-state index is 12.8. The van der Waals surface area contributed by atoms with Crippen LogP contribution in [0.25, 0.3) is 0 Å². The summed E-state index contributed by atoms with van der Waals surface area (Å²) in [7, 11) is 1.86. The molecular weight excluding hydrogens is 252 g/mol. The molecule has 0 fully saturated rings. The van der Waals surface area contributed by atoms with Crippen LogP contribution in [0.5, 0.6) is 0 Å². The molecule has 0 saturated heterocycles. The standard InChI is InChI=1S/C15H18N4O/c1-9-14(10(2)18(3)17-9)15(20)19-7-6-11-4-5-12(16)8-13(11)19/h4-5,8H,6-7,16H2,1-3H3. The number of anilines is 2. The fourth-order valence-electron chi connectivity index (χ4n) is 2.83. The second kappa shape index (κ2) is 4.37. The molecule has 2 N–H and O–H groups in total. The Morgan fingerprint density at radius 2 is 2.10 bits per heavy atom. The van der Waals surface area contributed by atoms with Crippen molar-refractivity contribution < 1.29 is 4.79 Å². The molecule has 104 valence electrons. The van der Waals surface area contributed by atoms with E-state index >= 15 is 0 Å². The summed E-state index contributed by atoms with van der Waals surface area (Å²) in [5.41, 5.74) is 11.0. The third-order valence-electron chi connectivity index (χ3n) is 3.97. The van der Waals surface area contributed by atoms with E-state index in [1.165, 1.54) is 5.56 Å². The molecule has 1 aromatic carbocycles. The van der Waals surface area contributed by atoms with Crippen LogP contribution in [0.2, 0.25) is 0 Å². The summed E-state index contributed by atoms with van der Waals surface area (Å²) >= 11 is 0. The smallest absolute Gasteiger partial charge is 0.262 e. The average Bonchev–Trinajstić information content (AvgIpc) is 2.91. The van der Waals surface area contributed by atoms with E-state index in [4.69, 9.17) is 5.73 Å². The Balaban J connectivity index is 2.04. The molecule has 2 heterocycles. The number of carbonyl (C=O) groups is 1. The normalized spacial score (nSPS) is 13.7. The third-order valence-corrected chi connectivity index (χ3v) is 3.97. The SMILES string of the molecule is Cc1nn(C)c(C)c1C(=O)N1CCc2ccc(N)cc21. The maximum Gasteiger partial charge on any atom is 0.262 e. The quantitative estimate of drug-likeness (QED) is 0.804.